The Bertz CT molecular complexity index is 737. The summed E-state index contributed by atoms with van der Waals surface area (Å²) in [6.07, 6.45) is 7.89. The quantitative estimate of drug-likeness (QED) is 0.821. The fraction of sp³-hybridized carbons (Fsp3) is 0.632. The van der Waals surface area contributed by atoms with Gasteiger partial charge in [-0.25, -0.2) is 12.7 Å². The molecule has 0 radical (unpaired) electrons. The number of nitrogens with zero attached hydrogens (tertiary/aromatic N) is 2. The van der Waals surface area contributed by atoms with E-state index in [9.17, 15) is 13.2 Å². The number of sulfonamides is 1. The van der Waals surface area contributed by atoms with E-state index in [0.29, 0.717) is 32.4 Å². The lowest BCUT2D eigenvalue weighted by atomic mass is 9.90. The molecule has 25 heavy (non-hydrogen) atoms. The van der Waals surface area contributed by atoms with E-state index in [1.807, 2.05) is 4.90 Å². The molecule has 0 unspecified atom stereocenters. The predicted molar refractivity (Wildman–Crippen MR) is 99.0 cm³/mol. The van der Waals surface area contributed by atoms with Gasteiger partial charge in [-0.2, -0.15) is 0 Å². The van der Waals surface area contributed by atoms with Gasteiger partial charge in [0.1, 0.15) is 0 Å². The number of amides is 1. The first kappa shape index (κ1) is 18.4. The number of fused-ring (bicyclic) bond motifs is 1. The van der Waals surface area contributed by atoms with Crippen LogP contribution >= 0.6 is 0 Å². The van der Waals surface area contributed by atoms with Gasteiger partial charge in [-0.3, -0.25) is 4.79 Å². The molecule has 1 aliphatic carbocycles. The summed E-state index contributed by atoms with van der Waals surface area (Å²) < 4.78 is 24.7. The molecule has 0 saturated carbocycles. The summed E-state index contributed by atoms with van der Waals surface area (Å²) in [6.45, 7) is 1.27. The Labute approximate surface area is 151 Å². The zero-order chi connectivity index (χ0) is 18.0. The molecule has 0 bridgehead atoms. The standard InChI is InChI=1S/C19H28N2O3S/c1-20(25(2,23)24)18-9-11-21(12-10-18)19(22)14-15-7-8-16-5-3-4-6-17(16)13-15/h7-8,13,18H,3-6,9-12,14H2,1-2H3. The van der Waals surface area contributed by atoms with E-state index < -0.39 is 10.0 Å². The number of rotatable bonds is 4. The van der Waals surface area contributed by atoms with Crippen molar-refractivity contribution in [2.75, 3.05) is 26.4 Å². The highest BCUT2D eigenvalue weighted by Crippen LogP contribution is 2.23. The molecule has 6 heteroatoms. The van der Waals surface area contributed by atoms with Crippen LogP contribution in [0.5, 0.6) is 0 Å². The number of aryl methyl sites for hydroxylation is 2. The third-order valence-electron chi connectivity index (χ3n) is 5.62. The van der Waals surface area contributed by atoms with E-state index in [2.05, 4.69) is 18.2 Å². The van der Waals surface area contributed by atoms with Crippen LogP contribution < -0.4 is 0 Å². The molecule has 1 saturated heterocycles. The first-order valence-corrected chi connectivity index (χ1v) is 11.0. The van der Waals surface area contributed by atoms with Crippen molar-refractivity contribution in [3.05, 3.63) is 34.9 Å². The van der Waals surface area contributed by atoms with Crippen molar-refractivity contribution in [1.82, 2.24) is 9.21 Å². The van der Waals surface area contributed by atoms with Gasteiger partial charge in [0.05, 0.1) is 12.7 Å². The van der Waals surface area contributed by atoms with Crippen molar-refractivity contribution >= 4 is 15.9 Å². The van der Waals surface area contributed by atoms with E-state index in [-0.39, 0.29) is 11.9 Å². The fourth-order valence-corrected chi connectivity index (χ4v) is 4.69. The Morgan fingerprint density at radius 2 is 1.80 bits per heavy atom. The Morgan fingerprint density at radius 1 is 1.16 bits per heavy atom. The molecule has 1 fully saturated rings. The van der Waals surface area contributed by atoms with Crippen molar-refractivity contribution in [2.45, 2.75) is 51.0 Å². The molecular weight excluding hydrogens is 336 g/mol. The van der Waals surface area contributed by atoms with Gasteiger partial charge < -0.3 is 4.90 Å². The molecule has 2 aliphatic rings. The lowest BCUT2D eigenvalue weighted by Gasteiger charge is -2.35. The predicted octanol–water partition coefficient (Wildman–Crippen LogP) is 1.99. The van der Waals surface area contributed by atoms with E-state index in [1.54, 1.807) is 7.05 Å². The Balaban J connectivity index is 1.56. The van der Waals surface area contributed by atoms with Crippen molar-refractivity contribution < 1.29 is 13.2 Å². The molecule has 1 heterocycles. The largest absolute Gasteiger partial charge is 0.342 e. The second-order valence-electron chi connectivity index (χ2n) is 7.38. The highest BCUT2D eigenvalue weighted by Gasteiger charge is 2.29. The highest BCUT2D eigenvalue weighted by molar-refractivity contribution is 7.88. The molecule has 1 aromatic rings. The van der Waals surface area contributed by atoms with Gasteiger partial charge in [0.15, 0.2) is 0 Å². The van der Waals surface area contributed by atoms with Crippen LogP contribution in [0, 0.1) is 0 Å². The van der Waals surface area contributed by atoms with Gasteiger partial charge >= 0.3 is 0 Å². The fourth-order valence-electron chi connectivity index (χ4n) is 3.93. The van der Waals surface area contributed by atoms with Crippen LogP contribution in [-0.2, 0) is 34.1 Å². The van der Waals surface area contributed by atoms with Crippen molar-refractivity contribution in [2.24, 2.45) is 0 Å². The number of piperidine rings is 1. The van der Waals surface area contributed by atoms with Crippen molar-refractivity contribution in [1.29, 1.82) is 0 Å². The molecule has 0 aromatic heterocycles. The molecule has 1 aromatic carbocycles. The Morgan fingerprint density at radius 3 is 2.44 bits per heavy atom. The van der Waals surface area contributed by atoms with Gasteiger partial charge in [-0.15, -0.1) is 0 Å². The summed E-state index contributed by atoms with van der Waals surface area (Å²) in [5, 5.41) is 0. The molecule has 1 aliphatic heterocycles. The maximum atomic E-state index is 12.6. The molecule has 138 valence electrons. The van der Waals surface area contributed by atoms with Gasteiger partial charge in [-0.05, 0) is 55.2 Å². The van der Waals surface area contributed by atoms with Gasteiger partial charge in [0.25, 0.3) is 0 Å². The van der Waals surface area contributed by atoms with Gasteiger partial charge in [0, 0.05) is 26.2 Å². The zero-order valence-electron chi connectivity index (χ0n) is 15.2. The highest BCUT2D eigenvalue weighted by atomic mass is 32.2. The van der Waals surface area contributed by atoms with Crippen LogP contribution in [0.25, 0.3) is 0 Å². The summed E-state index contributed by atoms with van der Waals surface area (Å²) in [4.78, 5) is 14.5. The smallest absolute Gasteiger partial charge is 0.226 e. The first-order chi connectivity index (χ1) is 11.8. The lowest BCUT2D eigenvalue weighted by Crippen LogP contribution is -2.47. The number of hydrogen-bond acceptors (Lipinski definition) is 3. The van der Waals surface area contributed by atoms with Crippen LogP contribution in [0.4, 0.5) is 0 Å². The number of carbonyl (C=O) groups is 1. The normalized spacial score (nSPS) is 19.1. The second kappa shape index (κ2) is 7.46. The second-order valence-corrected chi connectivity index (χ2v) is 9.42. The number of carbonyl (C=O) groups excluding carboxylic acids is 1. The minimum absolute atomic E-state index is 0.00259. The van der Waals surface area contributed by atoms with E-state index in [4.69, 9.17) is 0 Å². The SMILES string of the molecule is CN(C1CCN(C(=O)Cc2ccc3c(c2)CCCC3)CC1)S(C)(=O)=O. The summed E-state index contributed by atoms with van der Waals surface area (Å²) in [5.41, 5.74) is 3.94. The molecule has 0 atom stereocenters. The van der Waals surface area contributed by atoms with E-state index in [1.165, 1.54) is 34.5 Å². The van der Waals surface area contributed by atoms with Crippen LogP contribution in [-0.4, -0.2) is 56.0 Å². The molecule has 3 rings (SSSR count). The van der Waals surface area contributed by atoms with Crippen LogP contribution in [0.15, 0.2) is 18.2 Å². The summed E-state index contributed by atoms with van der Waals surface area (Å²) in [5.74, 6) is 0.149. The van der Waals surface area contributed by atoms with Crippen molar-refractivity contribution in [3.63, 3.8) is 0 Å². The number of hydrogen-bond donors (Lipinski definition) is 0. The van der Waals surface area contributed by atoms with Crippen LogP contribution in [0.2, 0.25) is 0 Å². The molecule has 0 N–H and O–H groups in total. The van der Waals surface area contributed by atoms with Crippen molar-refractivity contribution in [3.8, 4) is 0 Å². The Hall–Kier alpha value is -1.40. The molecular formula is C19H28N2O3S. The Kier molecular flexibility index (Phi) is 5.49. The maximum Gasteiger partial charge on any atom is 0.226 e. The summed E-state index contributed by atoms with van der Waals surface area (Å²) in [7, 11) is -1.54. The minimum Gasteiger partial charge on any atom is -0.342 e. The molecule has 1 amide bonds. The minimum atomic E-state index is -3.17. The lowest BCUT2D eigenvalue weighted by molar-refractivity contribution is -0.131. The average molecular weight is 365 g/mol. The number of likely N-dealkylation sites (tertiary alicyclic amines) is 1. The first-order valence-electron chi connectivity index (χ1n) is 9.16. The monoisotopic (exact) mass is 364 g/mol. The van der Waals surface area contributed by atoms with Gasteiger partial charge in [0.2, 0.25) is 15.9 Å². The third-order valence-corrected chi connectivity index (χ3v) is 6.97. The zero-order valence-corrected chi connectivity index (χ0v) is 16.0. The molecule has 5 nitrogen and oxygen atoms in total. The van der Waals surface area contributed by atoms with E-state index in [0.717, 1.165) is 18.4 Å². The molecule has 0 spiro atoms. The maximum absolute atomic E-state index is 12.6. The van der Waals surface area contributed by atoms with E-state index >= 15 is 0 Å². The summed E-state index contributed by atoms with van der Waals surface area (Å²) >= 11 is 0. The van der Waals surface area contributed by atoms with Gasteiger partial charge in [-0.1, -0.05) is 18.2 Å². The summed E-state index contributed by atoms with van der Waals surface area (Å²) in [6, 6.07) is 6.48. The number of benzene rings is 1. The van der Waals surface area contributed by atoms with Crippen LogP contribution in [0.3, 0.4) is 0 Å². The average Bonchev–Trinajstić information content (AvgIpc) is 2.60. The van der Waals surface area contributed by atoms with Crippen LogP contribution in [0.1, 0.15) is 42.4 Å². The topological polar surface area (TPSA) is 57.7 Å². The third kappa shape index (κ3) is 4.42.